The molecule has 2 rings (SSSR count). The van der Waals surface area contributed by atoms with E-state index in [0.717, 1.165) is 10.0 Å². The van der Waals surface area contributed by atoms with Crippen LogP contribution in [-0.2, 0) is 9.59 Å². The van der Waals surface area contributed by atoms with E-state index in [9.17, 15) is 9.59 Å². The van der Waals surface area contributed by atoms with Crippen LogP contribution < -0.4 is 10.6 Å². The summed E-state index contributed by atoms with van der Waals surface area (Å²) in [7, 11) is 0. The van der Waals surface area contributed by atoms with Crippen molar-refractivity contribution in [1.82, 2.24) is 0 Å². The number of hydrogen-bond donors (Lipinski definition) is 2. The summed E-state index contributed by atoms with van der Waals surface area (Å²) in [5.41, 5.74) is 0. The van der Waals surface area contributed by atoms with E-state index in [2.05, 4.69) is 10.6 Å². The van der Waals surface area contributed by atoms with Gasteiger partial charge in [-0.05, 0) is 35.0 Å². The van der Waals surface area contributed by atoms with Crippen LogP contribution in [0.2, 0.25) is 0 Å². The van der Waals surface area contributed by atoms with Crippen molar-refractivity contribution >= 4 is 44.5 Å². The Balaban J connectivity index is 1.83. The third-order valence-electron chi connectivity index (χ3n) is 1.92. The Hall–Kier alpha value is -1.92. The van der Waals surface area contributed by atoms with Crippen LogP contribution >= 0.6 is 22.7 Å². The molecule has 6 heteroatoms. The lowest BCUT2D eigenvalue weighted by molar-refractivity contribution is -0.114. The van der Waals surface area contributed by atoms with E-state index in [1.807, 2.05) is 22.9 Å². The predicted molar refractivity (Wildman–Crippen MR) is 75.0 cm³/mol. The fourth-order valence-electron chi connectivity index (χ4n) is 1.18. The van der Waals surface area contributed by atoms with Crippen LogP contribution in [0, 0.1) is 0 Å². The van der Waals surface area contributed by atoms with Crippen LogP contribution in [0.25, 0.3) is 0 Å². The van der Waals surface area contributed by atoms with Gasteiger partial charge in [-0.2, -0.15) is 0 Å². The Morgan fingerprint density at radius 2 is 1.33 bits per heavy atom. The van der Waals surface area contributed by atoms with Crippen molar-refractivity contribution in [3.8, 4) is 0 Å². The van der Waals surface area contributed by atoms with Crippen molar-refractivity contribution in [3.63, 3.8) is 0 Å². The maximum absolute atomic E-state index is 11.4. The van der Waals surface area contributed by atoms with E-state index >= 15 is 0 Å². The molecule has 2 N–H and O–H groups in total. The second-order valence-corrected chi connectivity index (χ2v) is 5.16. The molecule has 2 aromatic heterocycles. The van der Waals surface area contributed by atoms with Gasteiger partial charge in [-0.1, -0.05) is 0 Å². The maximum atomic E-state index is 11.4. The highest BCUT2D eigenvalue weighted by molar-refractivity contribution is 7.14. The first-order valence-corrected chi connectivity index (χ1v) is 6.87. The molecule has 18 heavy (non-hydrogen) atoms. The van der Waals surface area contributed by atoms with Crippen LogP contribution in [0.5, 0.6) is 0 Å². The predicted octanol–water partition coefficient (Wildman–Crippen LogP) is 2.94. The molecule has 0 aliphatic carbocycles. The van der Waals surface area contributed by atoms with Crippen molar-refractivity contribution in [3.05, 3.63) is 47.2 Å². The summed E-state index contributed by atoms with van der Waals surface area (Å²) >= 11 is 2.85. The molecule has 0 aromatic carbocycles. The minimum absolute atomic E-state index is 0.321. The molecule has 0 saturated carbocycles. The molecule has 2 heterocycles. The molecule has 92 valence electrons. The van der Waals surface area contributed by atoms with Crippen LogP contribution in [0.4, 0.5) is 10.0 Å². The van der Waals surface area contributed by atoms with Crippen molar-refractivity contribution in [1.29, 1.82) is 0 Å². The van der Waals surface area contributed by atoms with E-state index in [0.29, 0.717) is 0 Å². The van der Waals surface area contributed by atoms with Gasteiger partial charge in [0.2, 0.25) is 11.8 Å². The van der Waals surface area contributed by atoms with Gasteiger partial charge in [-0.25, -0.2) is 0 Å². The molecular weight excluding hydrogens is 268 g/mol. The van der Waals surface area contributed by atoms with Gasteiger partial charge in [0.1, 0.15) is 0 Å². The number of carbonyl (C=O) groups excluding carboxylic acids is 2. The summed E-state index contributed by atoms with van der Waals surface area (Å²) in [5, 5.41) is 10.5. The summed E-state index contributed by atoms with van der Waals surface area (Å²) in [5.74, 6) is -0.641. The average molecular weight is 278 g/mol. The largest absolute Gasteiger partial charge is 0.314 e. The Labute approximate surface area is 112 Å². The van der Waals surface area contributed by atoms with Crippen molar-refractivity contribution < 1.29 is 9.59 Å². The SMILES string of the molecule is O=C(C=CC(=O)Nc1cccs1)Nc1cccs1. The lowest BCUT2D eigenvalue weighted by Gasteiger charge is -1.97. The van der Waals surface area contributed by atoms with E-state index in [-0.39, 0.29) is 11.8 Å². The number of rotatable bonds is 4. The summed E-state index contributed by atoms with van der Waals surface area (Å²) in [4.78, 5) is 22.9. The van der Waals surface area contributed by atoms with Gasteiger partial charge in [0.05, 0.1) is 10.0 Å². The Kier molecular flexibility index (Phi) is 4.27. The van der Waals surface area contributed by atoms with Crippen molar-refractivity contribution in [2.45, 2.75) is 0 Å². The highest BCUT2D eigenvalue weighted by Gasteiger charge is 2.01. The smallest absolute Gasteiger partial charge is 0.249 e. The molecule has 4 nitrogen and oxygen atoms in total. The van der Waals surface area contributed by atoms with Gasteiger partial charge >= 0.3 is 0 Å². The summed E-state index contributed by atoms with van der Waals surface area (Å²) in [6.07, 6.45) is 2.42. The molecule has 0 unspecified atom stereocenters. The molecule has 0 radical (unpaired) electrons. The van der Waals surface area contributed by atoms with E-state index in [1.54, 1.807) is 12.1 Å². The number of nitrogens with one attached hydrogen (secondary N) is 2. The van der Waals surface area contributed by atoms with Gasteiger partial charge in [0.25, 0.3) is 0 Å². The summed E-state index contributed by atoms with van der Waals surface area (Å²) < 4.78 is 0. The second kappa shape index (κ2) is 6.13. The van der Waals surface area contributed by atoms with E-state index in [1.165, 1.54) is 34.8 Å². The van der Waals surface area contributed by atoms with Crippen molar-refractivity contribution in [2.75, 3.05) is 10.6 Å². The summed E-state index contributed by atoms with van der Waals surface area (Å²) in [6, 6.07) is 7.27. The van der Waals surface area contributed by atoms with Gasteiger partial charge in [-0.3, -0.25) is 9.59 Å². The van der Waals surface area contributed by atoms with E-state index in [4.69, 9.17) is 0 Å². The van der Waals surface area contributed by atoms with Crippen LogP contribution in [0.15, 0.2) is 47.2 Å². The third-order valence-corrected chi connectivity index (χ3v) is 3.49. The normalized spacial score (nSPS) is 10.4. The zero-order valence-corrected chi connectivity index (χ0v) is 10.9. The molecule has 0 saturated heterocycles. The molecule has 0 atom stereocenters. The Morgan fingerprint density at radius 3 is 1.67 bits per heavy atom. The fraction of sp³-hybridized carbons (Fsp3) is 0. The second-order valence-electron chi connectivity index (χ2n) is 3.27. The van der Waals surface area contributed by atoms with Gasteiger partial charge in [-0.15, -0.1) is 22.7 Å². The molecule has 0 aliphatic heterocycles. The molecule has 0 bridgehead atoms. The first-order valence-electron chi connectivity index (χ1n) is 5.11. The minimum Gasteiger partial charge on any atom is -0.314 e. The van der Waals surface area contributed by atoms with Crippen LogP contribution in [0.1, 0.15) is 0 Å². The van der Waals surface area contributed by atoms with Gasteiger partial charge < -0.3 is 10.6 Å². The van der Waals surface area contributed by atoms with Crippen LogP contribution in [-0.4, -0.2) is 11.8 Å². The number of anilines is 2. The number of thiophene rings is 2. The number of hydrogen-bond acceptors (Lipinski definition) is 4. The standard InChI is InChI=1S/C12H10N2O2S2/c15-9(13-11-3-1-7-17-11)5-6-10(16)14-12-4-2-8-18-12/h1-8H,(H,13,15)(H,14,16). The van der Waals surface area contributed by atoms with Crippen LogP contribution in [0.3, 0.4) is 0 Å². The van der Waals surface area contributed by atoms with E-state index < -0.39 is 0 Å². The zero-order chi connectivity index (χ0) is 12.8. The maximum Gasteiger partial charge on any atom is 0.249 e. The molecule has 0 aliphatic rings. The number of carbonyl (C=O) groups is 2. The lowest BCUT2D eigenvalue weighted by atomic mass is 10.4. The topological polar surface area (TPSA) is 58.2 Å². The molecule has 0 spiro atoms. The zero-order valence-electron chi connectivity index (χ0n) is 9.25. The van der Waals surface area contributed by atoms with Gasteiger partial charge in [0.15, 0.2) is 0 Å². The summed E-state index contributed by atoms with van der Waals surface area (Å²) in [6.45, 7) is 0. The molecular formula is C12H10N2O2S2. The first kappa shape index (κ1) is 12.5. The lowest BCUT2D eigenvalue weighted by Crippen LogP contribution is -2.10. The quantitative estimate of drug-likeness (QED) is 0.845. The van der Waals surface area contributed by atoms with Crippen molar-refractivity contribution in [2.24, 2.45) is 0 Å². The third kappa shape index (κ3) is 3.83. The Bertz CT molecular complexity index is 494. The molecule has 2 amide bonds. The first-order chi connectivity index (χ1) is 8.74. The molecule has 2 aromatic rings. The monoisotopic (exact) mass is 278 g/mol. The average Bonchev–Trinajstić information content (AvgIpc) is 2.99. The molecule has 0 fully saturated rings. The van der Waals surface area contributed by atoms with Gasteiger partial charge in [0, 0.05) is 12.2 Å². The minimum atomic E-state index is -0.321. The fourth-order valence-corrected chi connectivity index (χ4v) is 2.42. The highest BCUT2D eigenvalue weighted by Crippen LogP contribution is 2.15. The Morgan fingerprint density at radius 1 is 0.889 bits per heavy atom. The highest BCUT2D eigenvalue weighted by atomic mass is 32.1. The number of amides is 2.